The standard InChI is InChI=1S/C16H18ClNO3/c1-3-5-10-18-12-9-7-6-8-11(12)14(17)13(15(18)19)16(20)21-4-2/h6-9H,3-5,10H2,1-2H3. The summed E-state index contributed by atoms with van der Waals surface area (Å²) in [6.07, 6.45) is 1.81. The molecule has 5 heteroatoms. The number of halogens is 1. The molecule has 0 bridgehead atoms. The number of unbranched alkanes of at least 4 members (excludes halogenated alkanes) is 1. The van der Waals surface area contributed by atoms with E-state index in [4.69, 9.17) is 16.3 Å². The molecule has 2 rings (SSSR count). The van der Waals surface area contributed by atoms with Crippen molar-refractivity contribution in [3.63, 3.8) is 0 Å². The number of carbonyl (C=O) groups excluding carboxylic acids is 1. The summed E-state index contributed by atoms with van der Waals surface area (Å²) in [5.41, 5.74) is 0.285. The molecule has 0 spiro atoms. The molecule has 0 unspecified atom stereocenters. The molecule has 1 aromatic heterocycles. The van der Waals surface area contributed by atoms with E-state index in [1.54, 1.807) is 11.5 Å². The Kier molecular flexibility index (Phi) is 5.02. The van der Waals surface area contributed by atoms with Crippen LogP contribution in [0.3, 0.4) is 0 Å². The molecule has 112 valence electrons. The highest BCUT2D eigenvalue weighted by Crippen LogP contribution is 2.25. The van der Waals surface area contributed by atoms with Crippen LogP contribution in [0.2, 0.25) is 5.02 Å². The second-order valence-corrected chi connectivity index (χ2v) is 5.11. The number of pyridine rings is 1. The van der Waals surface area contributed by atoms with E-state index in [2.05, 4.69) is 6.92 Å². The van der Waals surface area contributed by atoms with E-state index in [0.717, 1.165) is 18.4 Å². The number of benzene rings is 1. The number of hydrogen-bond donors (Lipinski definition) is 0. The zero-order valence-electron chi connectivity index (χ0n) is 12.2. The quantitative estimate of drug-likeness (QED) is 0.792. The summed E-state index contributed by atoms with van der Waals surface area (Å²) in [6.45, 7) is 4.51. The summed E-state index contributed by atoms with van der Waals surface area (Å²) in [6, 6.07) is 7.33. The minimum absolute atomic E-state index is 0.0756. The molecule has 0 aliphatic heterocycles. The molecule has 0 saturated carbocycles. The molecule has 0 aliphatic carbocycles. The van der Waals surface area contributed by atoms with Crippen molar-refractivity contribution in [2.24, 2.45) is 0 Å². The van der Waals surface area contributed by atoms with Gasteiger partial charge in [0.2, 0.25) is 0 Å². The van der Waals surface area contributed by atoms with Gasteiger partial charge in [-0.3, -0.25) is 4.79 Å². The molecule has 0 N–H and O–H groups in total. The Morgan fingerprint density at radius 1 is 1.29 bits per heavy atom. The molecule has 0 radical (unpaired) electrons. The third-order valence-corrected chi connectivity index (χ3v) is 3.72. The van der Waals surface area contributed by atoms with Crippen molar-refractivity contribution in [1.82, 2.24) is 4.57 Å². The van der Waals surface area contributed by atoms with Crippen LogP contribution in [0.15, 0.2) is 29.1 Å². The van der Waals surface area contributed by atoms with Gasteiger partial charge in [0.05, 0.1) is 17.1 Å². The number of para-hydroxylation sites is 1. The maximum atomic E-state index is 12.6. The number of nitrogens with zero attached hydrogens (tertiary/aromatic N) is 1. The predicted octanol–water partition coefficient (Wildman–Crippen LogP) is 3.63. The summed E-state index contributed by atoms with van der Waals surface area (Å²) in [7, 11) is 0. The van der Waals surface area contributed by atoms with Crippen LogP contribution in [0.25, 0.3) is 10.9 Å². The maximum absolute atomic E-state index is 12.6. The number of rotatable bonds is 5. The second-order valence-electron chi connectivity index (χ2n) is 4.74. The number of carbonyl (C=O) groups is 1. The number of hydrogen-bond acceptors (Lipinski definition) is 3. The fourth-order valence-electron chi connectivity index (χ4n) is 2.29. The van der Waals surface area contributed by atoms with Crippen LogP contribution >= 0.6 is 11.6 Å². The molecule has 1 heterocycles. The van der Waals surface area contributed by atoms with Gasteiger partial charge in [0.25, 0.3) is 5.56 Å². The van der Waals surface area contributed by atoms with Crippen LogP contribution in [0.4, 0.5) is 0 Å². The maximum Gasteiger partial charge on any atom is 0.345 e. The minimum Gasteiger partial charge on any atom is -0.462 e. The Balaban J connectivity index is 2.74. The number of esters is 1. The Labute approximate surface area is 128 Å². The Morgan fingerprint density at radius 2 is 2.00 bits per heavy atom. The number of aryl methyl sites for hydroxylation is 1. The van der Waals surface area contributed by atoms with Gasteiger partial charge in [-0.15, -0.1) is 0 Å². The Hall–Kier alpha value is -1.81. The molecule has 0 atom stereocenters. The van der Waals surface area contributed by atoms with E-state index in [9.17, 15) is 9.59 Å². The lowest BCUT2D eigenvalue weighted by Crippen LogP contribution is -2.28. The molecule has 2 aromatic rings. The first kappa shape index (κ1) is 15.6. The topological polar surface area (TPSA) is 48.3 Å². The van der Waals surface area contributed by atoms with Gasteiger partial charge in [0.1, 0.15) is 5.56 Å². The molecule has 4 nitrogen and oxygen atoms in total. The lowest BCUT2D eigenvalue weighted by Gasteiger charge is -2.14. The summed E-state index contributed by atoms with van der Waals surface area (Å²) >= 11 is 6.27. The molecular weight excluding hydrogens is 290 g/mol. The van der Waals surface area contributed by atoms with E-state index in [0.29, 0.717) is 11.9 Å². The first-order valence-electron chi connectivity index (χ1n) is 7.10. The van der Waals surface area contributed by atoms with Crippen molar-refractivity contribution >= 4 is 28.5 Å². The van der Waals surface area contributed by atoms with Gasteiger partial charge >= 0.3 is 5.97 Å². The zero-order chi connectivity index (χ0) is 15.4. The fraction of sp³-hybridized carbons (Fsp3) is 0.375. The normalized spacial score (nSPS) is 10.8. The van der Waals surface area contributed by atoms with Crippen LogP contribution in [0.5, 0.6) is 0 Å². The monoisotopic (exact) mass is 307 g/mol. The fourth-order valence-corrected chi connectivity index (χ4v) is 2.60. The smallest absolute Gasteiger partial charge is 0.345 e. The zero-order valence-corrected chi connectivity index (χ0v) is 12.9. The summed E-state index contributed by atoms with van der Waals surface area (Å²) in [4.78, 5) is 24.6. The van der Waals surface area contributed by atoms with Crippen LogP contribution in [0.1, 0.15) is 37.0 Å². The predicted molar refractivity (Wildman–Crippen MR) is 84.1 cm³/mol. The molecule has 0 fully saturated rings. The van der Waals surface area contributed by atoms with E-state index >= 15 is 0 Å². The van der Waals surface area contributed by atoms with Crippen molar-refractivity contribution in [3.05, 3.63) is 45.2 Å². The number of ether oxygens (including phenoxy) is 1. The van der Waals surface area contributed by atoms with E-state index in [1.807, 2.05) is 24.3 Å². The van der Waals surface area contributed by atoms with Crippen LogP contribution < -0.4 is 5.56 Å². The highest BCUT2D eigenvalue weighted by molar-refractivity contribution is 6.38. The van der Waals surface area contributed by atoms with Crippen molar-refractivity contribution < 1.29 is 9.53 Å². The lowest BCUT2D eigenvalue weighted by molar-refractivity contribution is 0.0524. The highest BCUT2D eigenvalue weighted by atomic mass is 35.5. The third-order valence-electron chi connectivity index (χ3n) is 3.32. The van der Waals surface area contributed by atoms with Gasteiger partial charge in [-0.1, -0.05) is 43.1 Å². The Morgan fingerprint density at radius 3 is 2.67 bits per heavy atom. The molecule has 0 amide bonds. The lowest BCUT2D eigenvalue weighted by atomic mass is 10.1. The van der Waals surface area contributed by atoms with E-state index < -0.39 is 5.97 Å². The Bertz CT molecular complexity index is 721. The summed E-state index contributed by atoms with van der Waals surface area (Å²) < 4.78 is 6.57. The van der Waals surface area contributed by atoms with Crippen molar-refractivity contribution in [2.75, 3.05) is 6.61 Å². The van der Waals surface area contributed by atoms with Gasteiger partial charge in [-0.2, -0.15) is 0 Å². The average molecular weight is 308 g/mol. The average Bonchev–Trinajstić information content (AvgIpc) is 2.47. The second kappa shape index (κ2) is 6.76. The summed E-state index contributed by atoms with van der Waals surface area (Å²) in [5.74, 6) is -0.663. The van der Waals surface area contributed by atoms with E-state index in [-0.39, 0.29) is 22.8 Å². The van der Waals surface area contributed by atoms with E-state index in [1.165, 1.54) is 0 Å². The van der Waals surface area contributed by atoms with Crippen LogP contribution in [0, 0.1) is 0 Å². The molecule has 0 aliphatic rings. The first-order valence-corrected chi connectivity index (χ1v) is 7.47. The van der Waals surface area contributed by atoms with Gasteiger partial charge < -0.3 is 9.30 Å². The van der Waals surface area contributed by atoms with Crippen LogP contribution in [-0.2, 0) is 11.3 Å². The highest BCUT2D eigenvalue weighted by Gasteiger charge is 2.21. The van der Waals surface area contributed by atoms with Crippen molar-refractivity contribution in [3.8, 4) is 0 Å². The minimum atomic E-state index is -0.663. The molecule has 21 heavy (non-hydrogen) atoms. The van der Waals surface area contributed by atoms with Gasteiger partial charge in [-0.05, 0) is 19.4 Å². The van der Waals surface area contributed by atoms with Gasteiger partial charge in [0, 0.05) is 11.9 Å². The SMILES string of the molecule is CCCCn1c(=O)c(C(=O)OCC)c(Cl)c2ccccc21. The van der Waals surface area contributed by atoms with Gasteiger partial charge in [-0.25, -0.2) is 4.79 Å². The van der Waals surface area contributed by atoms with Gasteiger partial charge in [0.15, 0.2) is 0 Å². The number of aromatic nitrogens is 1. The number of fused-ring (bicyclic) bond motifs is 1. The largest absolute Gasteiger partial charge is 0.462 e. The third kappa shape index (κ3) is 2.95. The van der Waals surface area contributed by atoms with Crippen molar-refractivity contribution in [1.29, 1.82) is 0 Å². The molecule has 0 saturated heterocycles. The van der Waals surface area contributed by atoms with Crippen LogP contribution in [-0.4, -0.2) is 17.1 Å². The summed E-state index contributed by atoms with van der Waals surface area (Å²) in [5, 5.41) is 0.861. The first-order chi connectivity index (χ1) is 10.1. The van der Waals surface area contributed by atoms with Crippen molar-refractivity contribution in [2.45, 2.75) is 33.2 Å². The molecule has 1 aromatic carbocycles. The molecular formula is C16H18ClNO3.